The Morgan fingerprint density at radius 1 is 1.18 bits per heavy atom. The molecule has 1 aliphatic rings. The summed E-state index contributed by atoms with van der Waals surface area (Å²) in [6, 6.07) is -0.142. The maximum atomic E-state index is 11.6. The number of carbonyl (C=O) groups excluding carboxylic acids is 2. The molecule has 0 aliphatic heterocycles. The first-order valence-electron chi connectivity index (χ1n) is 5.52. The Balaban J connectivity index is 2.23. The van der Waals surface area contributed by atoms with Crippen LogP contribution < -0.4 is 16.4 Å². The van der Waals surface area contributed by atoms with Gasteiger partial charge in [0.15, 0.2) is 0 Å². The van der Waals surface area contributed by atoms with Crippen molar-refractivity contribution >= 4 is 17.8 Å². The molecule has 17 heavy (non-hydrogen) atoms. The fraction of sp³-hybridized carbons (Fsp3) is 0.700. The van der Waals surface area contributed by atoms with Crippen LogP contribution in [0.3, 0.4) is 0 Å². The van der Waals surface area contributed by atoms with Crippen molar-refractivity contribution in [3.8, 4) is 0 Å². The van der Waals surface area contributed by atoms with Gasteiger partial charge >= 0.3 is 5.97 Å². The van der Waals surface area contributed by atoms with Crippen molar-refractivity contribution in [1.29, 1.82) is 0 Å². The Morgan fingerprint density at radius 2 is 1.88 bits per heavy atom. The largest absolute Gasteiger partial charge is 0.480 e. The Kier molecular flexibility index (Phi) is 4.89. The predicted molar refractivity (Wildman–Crippen MR) is 59.0 cm³/mol. The molecule has 1 fully saturated rings. The number of carboxylic acid groups (broad SMARTS) is 1. The first-order chi connectivity index (χ1) is 8.00. The highest BCUT2D eigenvalue weighted by Gasteiger charge is 2.30. The predicted octanol–water partition coefficient (Wildman–Crippen LogP) is -1.57. The van der Waals surface area contributed by atoms with Gasteiger partial charge in [0.25, 0.3) is 0 Å². The lowest BCUT2D eigenvalue weighted by Crippen LogP contribution is -2.43. The van der Waals surface area contributed by atoms with Gasteiger partial charge in [-0.2, -0.15) is 0 Å². The zero-order valence-electron chi connectivity index (χ0n) is 9.44. The number of hydrogen-bond donors (Lipinski definition) is 4. The Morgan fingerprint density at radius 3 is 2.41 bits per heavy atom. The molecule has 0 saturated heterocycles. The summed E-state index contributed by atoms with van der Waals surface area (Å²) in [6.07, 6.45) is 2.48. The number of amides is 2. The lowest BCUT2D eigenvalue weighted by atomic mass is 10.0. The third kappa shape index (κ3) is 4.39. The van der Waals surface area contributed by atoms with Crippen molar-refractivity contribution in [2.45, 2.75) is 25.3 Å². The maximum Gasteiger partial charge on any atom is 0.322 e. The third-order valence-electron chi connectivity index (χ3n) is 2.77. The van der Waals surface area contributed by atoms with Gasteiger partial charge in [-0.3, -0.25) is 14.4 Å². The van der Waals surface area contributed by atoms with Gasteiger partial charge in [0.1, 0.15) is 6.54 Å². The van der Waals surface area contributed by atoms with Gasteiger partial charge < -0.3 is 21.5 Å². The van der Waals surface area contributed by atoms with Crippen molar-refractivity contribution < 1.29 is 19.5 Å². The fourth-order valence-electron chi connectivity index (χ4n) is 1.85. The molecular formula is C10H17N3O4. The lowest BCUT2D eigenvalue weighted by Gasteiger charge is -2.14. The highest BCUT2D eigenvalue weighted by atomic mass is 16.4. The third-order valence-corrected chi connectivity index (χ3v) is 2.77. The highest BCUT2D eigenvalue weighted by Crippen LogP contribution is 2.23. The second-order valence-electron chi connectivity index (χ2n) is 4.09. The minimum atomic E-state index is -1.12. The summed E-state index contributed by atoms with van der Waals surface area (Å²) >= 11 is 0. The smallest absolute Gasteiger partial charge is 0.322 e. The van der Waals surface area contributed by atoms with E-state index in [0.717, 1.165) is 19.3 Å². The number of carboxylic acids is 1. The summed E-state index contributed by atoms with van der Waals surface area (Å²) < 4.78 is 0. The molecule has 0 radical (unpaired) electrons. The van der Waals surface area contributed by atoms with Crippen molar-refractivity contribution in [1.82, 2.24) is 10.6 Å². The quantitative estimate of drug-likeness (QED) is 0.465. The summed E-state index contributed by atoms with van der Waals surface area (Å²) in [7, 11) is 0. The van der Waals surface area contributed by atoms with E-state index in [1.807, 2.05) is 0 Å². The Bertz CT molecular complexity index is 319. The van der Waals surface area contributed by atoms with Gasteiger partial charge in [-0.25, -0.2) is 0 Å². The van der Waals surface area contributed by atoms with Gasteiger partial charge in [-0.15, -0.1) is 0 Å². The maximum absolute atomic E-state index is 11.6. The number of nitrogens with one attached hydrogen (secondary N) is 2. The van der Waals surface area contributed by atoms with Crippen LogP contribution in [0, 0.1) is 5.92 Å². The molecule has 2 unspecified atom stereocenters. The van der Waals surface area contributed by atoms with Gasteiger partial charge in [0.2, 0.25) is 11.8 Å². The molecule has 1 aliphatic carbocycles. The normalized spacial score (nSPS) is 23.1. The molecule has 96 valence electrons. The molecular weight excluding hydrogens is 226 g/mol. The molecule has 0 aromatic carbocycles. The summed E-state index contributed by atoms with van der Waals surface area (Å²) in [4.78, 5) is 32.9. The summed E-state index contributed by atoms with van der Waals surface area (Å²) in [6.45, 7) is -0.660. The van der Waals surface area contributed by atoms with Crippen molar-refractivity contribution in [2.24, 2.45) is 11.7 Å². The van der Waals surface area contributed by atoms with E-state index in [9.17, 15) is 14.4 Å². The first-order valence-corrected chi connectivity index (χ1v) is 5.52. The highest BCUT2D eigenvalue weighted by molar-refractivity contribution is 5.87. The molecule has 0 bridgehead atoms. The van der Waals surface area contributed by atoms with Crippen LogP contribution in [-0.4, -0.2) is 42.0 Å². The number of hydrogen-bond acceptors (Lipinski definition) is 4. The van der Waals surface area contributed by atoms with E-state index in [-0.39, 0.29) is 24.4 Å². The number of rotatable bonds is 5. The Labute approximate surface area is 98.7 Å². The minimum Gasteiger partial charge on any atom is -0.480 e. The zero-order valence-corrected chi connectivity index (χ0v) is 9.44. The standard InChI is InChI=1S/C10H17N3O4/c11-7-3-1-2-6(7)10(17)13-4-8(14)12-5-9(15)16/h6-7H,1-5,11H2,(H,12,14)(H,13,17)(H,15,16). The first kappa shape index (κ1) is 13.4. The second kappa shape index (κ2) is 6.19. The number of carbonyl (C=O) groups is 3. The van der Waals surface area contributed by atoms with Crippen LogP contribution in [0.1, 0.15) is 19.3 Å². The molecule has 2 atom stereocenters. The fourth-order valence-corrected chi connectivity index (χ4v) is 1.85. The molecule has 2 amide bonds. The van der Waals surface area contributed by atoms with Crippen LogP contribution in [-0.2, 0) is 14.4 Å². The van der Waals surface area contributed by atoms with Crippen molar-refractivity contribution in [3.05, 3.63) is 0 Å². The van der Waals surface area contributed by atoms with Crippen molar-refractivity contribution in [3.63, 3.8) is 0 Å². The average molecular weight is 243 g/mol. The SMILES string of the molecule is NC1CCCC1C(=O)NCC(=O)NCC(=O)O. The molecule has 0 aromatic rings. The van der Waals surface area contributed by atoms with Crippen molar-refractivity contribution in [2.75, 3.05) is 13.1 Å². The van der Waals surface area contributed by atoms with Crippen LogP contribution in [0.25, 0.3) is 0 Å². The molecule has 0 spiro atoms. The molecule has 5 N–H and O–H groups in total. The topological polar surface area (TPSA) is 122 Å². The van der Waals surface area contributed by atoms with E-state index in [0.29, 0.717) is 0 Å². The van der Waals surface area contributed by atoms with Gasteiger partial charge in [0, 0.05) is 6.04 Å². The van der Waals surface area contributed by atoms with Crippen LogP contribution in [0.4, 0.5) is 0 Å². The summed E-state index contributed by atoms with van der Waals surface area (Å²) in [5.41, 5.74) is 5.75. The second-order valence-corrected chi connectivity index (χ2v) is 4.09. The molecule has 0 heterocycles. The van der Waals surface area contributed by atoms with E-state index < -0.39 is 18.4 Å². The average Bonchev–Trinajstić information content (AvgIpc) is 2.69. The molecule has 0 aromatic heterocycles. The minimum absolute atomic E-state index is 0.142. The zero-order chi connectivity index (χ0) is 12.8. The van der Waals surface area contributed by atoms with Gasteiger partial charge in [-0.05, 0) is 12.8 Å². The molecule has 1 saturated carbocycles. The lowest BCUT2D eigenvalue weighted by molar-refractivity contribution is -0.137. The van der Waals surface area contributed by atoms with Crippen LogP contribution in [0.15, 0.2) is 0 Å². The van der Waals surface area contributed by atoms with E-state index in [4.69, 9.17) is 10.8 Å². The summed E-state index contributed by atoms with van der Waals surface area (Å²) in [5, 5.41) is 12.9. The monoisotopic (exact) mass is 243 g/mol. The molecule has 1 rings (SSSR count). The Hall–Kier alpha value is -1.63. The molecule has 7 nitrogen and oxygen atoms in total. The molecule has 7 heteroatoms. The van der Waals surface area contributed by atoms with E-state index in [1.165, 1.54) is 0 Å². The van der Waals surface area contributed by atoms with E-state index in [2.05, 4.69) is 10.6 Å². The van der Waals surface area contributed by atoms with Crippen LogP contribution >= 0.6 is 0 Å². The van der Waals surface area contributed by atoms with E-state index in [1.54, 1.807) is 0 Å². The van der Waals surface area contributed by atoms with Crippen LogP contribution in [0.5, 0.6) is 0 Å². The number of aliphatic carboxylic acids is 1. The van der Waals surface area contributed by atoms with Gasteiger partial charge in [-0.1, -0.05) is 6.42 Å². The number of nitrogens with two attached hydrogens (primary N) is 1. The van der Waals surface area contributed by atoms with E-state index >= 15 is 0 Å². The summed E-state index contributed by atoms with van der Waals surface area (Å²) in [5.74, 6) is -2.11. The van der Waals surface area contributed by atoms with Crippen LogP contribution in [0.2, 0.25) is 0 Å². The van der Waals surface area contributed by atoms with Gasteiger partial charge in [0.05, 0.1) is 12.5 Å².